The van der Waals surface area contributed by atoms with Crippen molar-refractivity contribution in [2.75, 3.05) is 0 Å². The molecular formula is C27H48O. The van der Waals surface area contributed by atoms with Gasteiger partial charge in [0.2, 0.25) is 0 Å². The molecule has 0 radical (unpaired) electrons. The number of aliphatic hydroxyl groups excluding tert-OH is 1. The summed E-state index contributed by atoms with van der Waals surface area (Å²) in [5.41, 5.74) is 1.02. The maximum Gasteiger partial charge on any atom is 0.0579 e. The van der Waals surface area contributed by atoms with Gasteiger partial charge in [-0.3, -0.25) is 0 Å². The topological polar surface area (TPSA) is 20.2 Å². The van der Waals surface area contributed by atoms with E-state index in [9.17, 15) is 5.11 Å². The molecule has 9 atom stereocenters. The number of hydrogen-bond donors (Lipinski definition) is 1. The molecule has 1 heteroatoms. The number of rotatable bonds is 5. The maximum absolute atomic E-state index is 11.3. The van der Waals surface area contributed by atoms with E-state index in [4.69, 9.17) is 0 Å². The van der Waals surface area contributed by atoms with Crippen LogP contribution in [0.4, 0.5) is 0 Å². The standard InChI is InChI=1S/C27H48O/c1-18(2)9-8-10-19(3)25-24(28)17-23-21-13-12-20-11-6-7-15-26(20,4)22(21)14-16-27(23,25)5/h18-25,28H,6-17H2,1-5H3/t19-,20?,21-,22+,23+,24?,25+,26+,27+/m1/s1. The van der Waals surface area contributed by atoms with Crippen LogP contribution in [0.3, 0.4) is 0 Å². The molecule has 0 aromatic carbocycles. The molecule has 0 aromatic rings. The summed E-state index contributed by atoms with van der Waals surface area (Å²) in [6.07, 6.45) is 16.8. The molecule has 1 N–H and O–H groups in total. The number of aliphatic hydroxyl groups is 1. The molecule has 4 saturated carbocycles. The van der Waals surface area contributed by atoms with E-state index < -0.39 is 0 Å². The molecule has 4 aliphatic rings. The Morgan fingerprint density at radius 3 is 2.39 bits per heavy atom. The van der Waals surface area contributed by atoms with Gasteiger partial charge in [-0.05, 0) is 97.2 Å². The molecular weight excluding hydrogens is 340 g/mol. The summed E-state index contributed by atoms with van der Waals surface area (Å²) in [5.74, 6) is 5.69. The van der Waals surface area contributed by atoms with Crippen LogP contribution in [0.5, 0.6) is 0 Å². The smallest absolute Gasteiger partial charge is 0.0579 e. The van der Waals surface area contributed by atoms with E-state index in [1.165, 1.54) is 70.6 Å². The van der Waals surface area contributed by atoms with Gasteiger partial charge in [-0.2, -0.15) is 0 Å². The fourth-order valence-electron chi connectivity index (χ4n) is 9.40. The first-order chi connectivity index (χ1) is 13.3. The zero-order valence-corrected chi connectivity index (χ0v) is 19.6. The SMILES string of the molecule is CC(C)CCC[C@@H](C)[C@H]1C(O)C[C@H]2[C@@H]3CCC4CCCC[C@]4(C)[C@H]3CC[C@]12C. The van der Waals surface area contributed by atoms with Gasteiger partial charge in [-0.25, -0.2) is 0 Å². The molecule has 1 nitrogen and oxygen atoms in total. The molecule has 0 aromatic heterocycles. The molecule has 0 bridgehead atoms. The molecule has 4 rings (SSSR count). The summed E-state index contributed by atoms with van der Waals surface area (Å²) in [6, 6.07) is 0. The van der Waals surface area contributed by atoms with E-state index in [1.807, 2.05) is 0 Å². The highest BCUT2D eigenvalue weighted by Gasteiger charge is 2.62. The van der Waals surface area contributed by atoms with Gasteiger partial charge >= 0.3 is 0 Å². The molecule has 0 heterocycles. The van der Waals surface area contributed by atoms with E-state index >= 15 is 0 Å². The van der Waals surface area contributed by atoms with Crippen LogP contribution in [0.15, 0.2) is 0 Å². The monoisotopic (exact) mass is 388 g/mol. The molecule has 2 unspecified atom stereocenters. The third-order valence-electron chi connectivity index (χ3n) is 10.7. The van der Waals surface area contributed by atoms with Crippen LogP contribution < -0.4 is 0 Å². The van der Waals surface area contributed by atoms with Gasteiger partial charge in [0.15, 0.2) is 0 Å². The van der Waals surface area contributed by atoms with Crippen molar-refractivity contribution in [1.29, 1.82) is 0 Å². The first kappa shape index (κ1) is 21.2. The molecule has 0 aliphatic heterocycles. The van der Waals surface area contributed by atoms with E-state index in [-0.39, 0.29) is 6.10 Å². The molecule has 162 valence electrons. The van der Waals surface area contributed by atoms with Crippen LogP contribution in [0.2, 0.25) is 0 Å². The van der Waals surface area contributed by atoms with Crippen molar-refractivity contribution in [2.24, 2.45) is 52.3 Å². The van der Waals surface area contributed by atoms with Crippen molar-refractivity contribution in [1.82, 2.24) is 0 Å². The van der Waals surface area contributed by atoms with Crippen molar-refractivity contribution in [2.45, 2.75) is 118 Å². The summed E-state index contributed by atoms with van der Waals surface area (Å²) in [7, 11) is 0. The van der Waals surface area contributed by atoms with E-state index in [0.717, 1.165) is 36.0 Å². The predicted octanol–water partition coefficient (Wildman–Crippen LogP) is 7.47. The Labute approximate surface area is 175 Å². The van der Waals surface area contributed by atoms with Crippen LogP contribution in [0.1, 0.15) is 112 Å². The van der Waals surface area contributed by atoms with E-state index in [2.05, 4.69) is 34.6 Å². The average molecular weight is 389 g/mol. The minimum atomic E-state index is -0.0420. The van der Waals surface area contributed by atoms with Gasteiger partial charge in [0.25, 0.3) is 0 Å². The lowest BCUT2D eigenvalue weighted by Crippen LogP contribution is -2.53. The summed E-state index contributed by atoms with van der Waals surface area (Å²) in [5, 5.41) is 11.3. The largest absolute Gasteiger partial charge is 0.393 e. The first-order valence-corrected chi connectivity index (χ1v) is 13.0. The molecule has 4 aliphatic carbocycles. The molecule has 0 spiro atoms. The number of fused-ring (bicyclic) bond motifs is 5. The minimum absolute atomic E-state index is 0.0420. The van der Waals surface area contributed by atoms with Crippen LogP contribution >= 0.6 is 0 Å². The Morgan fingerprint density at radius 2 is 1.64 bits per heavy atom. The zero-order chi connectivity index (χ0) is 20.1. The molecule has 28 heavy (non-hydrogen) atoms. The van der Waals surface area contributed by atoms with Crippen molar-refractivity contribution in [3.8, 4) is 0 Å². The fraction of sp³-hybridized carbons (Fsp3) is 1.00. The normalized spacial score (nSPS) is 49.4. The Morgan fingerprint density at radius 1 is 0.857 bits per heavy atom. The highest BCUT2D eigenvalue weighted by atomic mass is 16.3. The van der Waals surface area contributed by atoms with Crippen LogP contribution in [-0.4, -0.2) is 11.2 Å². The van der Waals surface area contributed by atoms with Gasteiger partial charge in [-0.15, -0.1) is 0 Å². The maximum atomic E-state index is 11.3. The third-order valence-corrected chi connectivity index (χ3v) is 10.7. The lowest BCUT2D eigenvalue weighted by atomic mass is 9.44. The summed E-state index contributed by atoms with van der Waals surface area (Å²) >= 11 is 0. The van der Waals surface area contributed by atoms with E-state index in [0.29, 0.717) is 22.7 Å². The highest BCUT2D eigenvalue weighted by molar-refractivity contribution is 5.11. The predicted molar refractivity (Wildman–Crippen MR) is 119 cm³/mol. The van der Waals surface area contributed by atoms with Crippen LogP contribution in [-0.2, 0) is 0 Å². The Hall–Kier alpha value is -0.0400. The third kappa shape index (κ3) is 3.40. The van der Waals surface area contributed by atoms with Gasteiger partial charge in [0.1, 0.15) is 0 Å². The fourth-order valence-corrected chi connectivity index (χ4v) is 9.40. The van der Waals surface area contributed by atoms with Crippen molar-refractivity contribution in [3.05, 3.63) is 0 Å². The second-order valence-electron chi connectivity index (χ2n) is 12.6. The average Bonchev–Trinajstić information content (AvgIpc) is 2.91. The van der Waals surface area contributed by atoms with Crippen LogP contribution in [0.25, 0.3) is 0 Å². The minimum Gasteiger partial charge on any atom is -0.393 e. The van der Waals surface area contributed by atoms with Crippen molar-refractivity contribution < 1.29 is 5.11 Å². The summed E-state index contributed by atoms with van der Waals surface area (Å²) in [6.45, 7) is 12.4. The lowest BCUT2D eigenvalue weighted by molar-refractivity contribution is -0.115. The van der Waals surface area contributed by atoms with Gasteiger partial charge in [0, 0.05) is 0 Å². The second kappa shape index (κ2) is 7.90. The Balaban J connectivity index is 1.51. The van der Waals surface area contributed by atoms with Gasteiger partial charge < -0.3 is 5.11 Å². The highest BCUT2D eigenvalue weighted by Crippen LogP contribution is 2.68. The molecule has 0 amide bonds. The number of hydrogen-bond acceptors (Lipinski definition) is 1. The van der Waals surface area contributed by atoms with E-state index in [1.54, 1.807) is 0 Å². The summed E-state index contributed by atoms with van der Waals surface area (Å²) in [4.78, 5) is 0. The Kier molecular flexibility index (Phi) is 5.98. The second-order valence-corrected chi connectivity index (χ2v) is 12.6. The molecule has 4 fully saturated rings. The Bertz CT molecular complexity index is 540. The quantitative estimate of drug-likeness (QED) is 0.518. The van der Waals surface area contributed by atoms with Gasteiger partial charge in [-0.1, -0.05) is 66.7 Å². The van der Waals surface area contributed by atoms with Crippen molar-refractivity contribution in [3.63, 3.8) is 0 Å². The first-order valence-electron chi connectivity index (χ1n) is 13.0. The zero-order valence-electron chi connectivity index (χ0n) is 19.6. The summed E-state index contributed by atoms with van der Waals surface area (Å²) < 4.78 is 0. The molecule has 0 saturated heterocycles. The lowest BCUT2D eigenvalue weighted by Gasteiger charge is -2.60. The van der Waals surface area contributed by atoms with Gasteiger partial charge in [0.05, 0.1) is 6.10 Å². The van der Waals surface area contributed by atoms with Crippen LogP contribution in [0, 0.1) is 52.3 Å². The van der Waals surface area contributed by atoms with Crippen molar-refractivity contribution >= 4 is 0 Å².